The molecule has 0 radical (unpaired) electrons. The Morgan fingerprint density at radius 2 is 1.87 bits per heavy atom. The molecule has 0 spiro atoms. The van der Waals surface area contributed by atoms with E-state index in [1.807, 2.05) is 27.0 Å². The number of rotatable bonds is 7. The first-order chi connectivity index (χ1) is 10.7. The second-order valence-corrected chi connectivity index (χ2v) is 6.40. The van der Waals surface area contributed by atoms with Crippen LogP contribution in [0.25, 0.3) is 0 Å². The summed E-state index contributed by atoms with van der Waals surface area (Å²) in [5.41, 5.74) is 1.01. The smallest absolute Gasteiger partial charge is 0.407 e. The van der Waals surface area contributed by atoms with Crippen LogP contribution in [-0.2, 0) is 16.0 Å². The normalized spacial score (nSPS) is 13.7. The first kappa shape index (κ1) is 19.0. The maximum absolute atomic E-state index is 12.3. The fourth-order valence-electron chi connectivity index (χ4n) is 2.17. The number of aromatic nitrogens is 2. The standard InChI is InChI=1S/C16H28N4O3/c1-9(2)12-8-17-13(19-12)7-11(5)18-15(21)14(10(3)4)20-16(22)23-6/h8-11,14H,7H2,1-6H3,(H,17,19)(H,18,21)(H,20,22)/t11-,14-/m0/s1. The van der Waals surface area contributed by atoms with E-state index in [1.165, 1.54) is 7.11 Å². The molecule has 1 rings (SSSR count). The third kappa shape index (κ3) is 5.92. The first-order valence-corrected chi connectivity index (χ1v) is 7.93. The van der Waals surface area contributed by atoms with Gasteiger partial charge in [0.25, 0.3) is 0 Å². The molecule has 1 aromatic heterocycles. The second-order valence-electron chi connectivity index (χ2n) is 6.40. The highest BCUT2D eigenvalue weighted by Crippen LogP contribution is 2.12. The lowest BCUT2D eigenvalue weighted by Gasteiger charge is -2.23. The summed E-state index contributed by atoms with van der Waals surface area (Å²) < 4.78 is 4.56. The van der Waals surface area contributed by atoms with Crippen molar-refractivity contribution in [3.05, 3.63) is 17.7 Å². The van der Waals surface area contributed by atoms with E-state index in [1.54, 1.807) is 0 Å². The van der Waals surface area contributed by atoms with E-state index in [0.717, 1.165) is 11.5 Å². The van der Waals surface area contributed by atoms with Crippen molar-refractivity contribution in [1.29, 1.82) is 0 Å². The summed E-state index contributed by atoms with van der Waals surface area (Å²) >= 11 is 0. The molecule has 1 aromatic rings. The highest BCUT2D eigenvalue weighted by molar-refractivity contribution is 5.86. The quantitative estimate of drug-likeness (QED) is 0.714. The van der Waals surface area contributed by atoms with Crippen molar-refractivity contribution in [2.75, 3.05) is 7.11 Å². The lowest BCUT2D eigenvalue weighted by atomic mass is 10.0. The summed E-state index contributed by atoms with van der Waals surface area (Å²) in [5.74, 6) is 0.925. The molecule has 0 aliphatic rings. The molecule has 0 aliphatic carbocycles. The third-order valence-corrected chi connectivity index (χ3v) is 3.54. The minimum Gasteiger partial charge on any atom is -0.453 e. The molecule has 7 heteroatoms. The van der Waals surface area contributed by atoms with Gasteiger partial charge < -0.3 is 20.4 Å². The van der Waals surface area contributed by atoms with Crippen LogP contribution in [-0.4, -0.2) is 41.2 Å². The van der Waals surface area contributed by atoms with E-state index in [0.29, 0.717) is 12.3 Å². The Kier molecular flexibility index (Phi) is 7.06. The maximum atomic E-state index is 12.3. The molecule has 0 saturated heterocycles. The summed E-state index contributed by atoms with van der Waals surface area (Å²) in [6.45, 7) is 9.80. The van der Waals surface area contributed by atoms with Gasteiger partial charge in [0.1, 0.15) is 11.9 Å². The number of nitrogens with zero attached hydrogens (tertiary/aromatic N) is 1. The molecule has 2 atom stereocenters. The van der Waals surface area contributed by atoms with Gasteiger partial charge in [0.15, 0.2) is 0 Å². The molecule has 1 heterocycles. The van der Waals surface area contributed by atoms with Crippen LogP contribution in [0.5, 0.6) is 0 Å². The number of aromatic amines is 1. The Labute approximate surface area is 137 Å². The van der Waals surface area contributed by atoms with Crippen LogP contribution < -0.4 is 10.6 Å². The highest BCUT2D eigenvalue weighted by Gasteiger charge is 2.25. The molecule has 0 aliphatic heterocycles. The van der Waals surface area contributed by atoms with Crippen molar-refractivity contribution in [2.24, 2.45) is 5.92 Å². The number of imidazole rings is 1. The van der Waals surface area contributed by atoms with Crippen LogP contribution in [0.15, 0.2) is 6.20 Å². The Bertz CT molecular complexity index is 525. The molecule has 2 amide bonds. The Morgan fingerprint density at radius 1 is 1.22 bits per heavy atom. The number of carbonyl (C=O) groups is 2. The van der Waals surface area contributed by atoms with Crippen molar-refractivity contribution in [1.82, 2.24) is 20.6 Å². The zero-order chi connectivity index (χ0) is 17.6. The first-order valence-electron chi connectivity index (χ1n) is 7.93. The predicted octanol–water partition coefficient (Wildman–Crippen LogP) is 1.96. The molecule has 130 valence electrons. The molecule has 0 bridgehead atoms. The number of ether oxygens (including phenoxy) is 1. The molecule has 0 saturated carbocycles. The zero-order valence-electron chi connectivity index (χ0n) is 14.8. The number of hydrogen-bond donors (Lipinski definition) is 3. The third-order valence-electron chi connectivity index (χ3n) is 3.54. The Morgan fingerprint density at radius 3 is 2.35 bits per heavy atom. The second kappa shape index (κ2) is 8.55. The molecule has 23 heavy (non-hydrogen) atoms. The number of amides is 2. The van der Waals surface area contributed by atoms with Crippen LogP contribution in [0.1, 0.15) is 52.1 Å². The summed E-state index contributed by atoms with van der Waals surface area (Å²) in [7, 11) is 1.27. The van der Waals surface area contributed by atoms with Gasteiger partial charge in [-0.3, -0.25) is 4.79 Å². The number of alkyl carbamates (subject to hydrolysis) is 1. The van der Waals surface area contributed by atoms with Crippen molar-refractivity contribution in [2.45, 2.75) is 59.0 Å². The van der Waals surface area contributed by atoms with Crippen molar-refractivity contribution < 1.29 is 14.3 Å². The number of methoxy groups -OCH3 is 1. The lowest BCUT2D eigenvalue weighted by molar-refractivity contribution is -0.124. The largest absolute Gasteiger partial charge is 0.453 e. The van der Waals surface area contributed by atoms with Crippen LogP contribution in [0.3, 0.4) is 0 Å². The Balaban J connectivity index is 2.60. The fraction of sp³-hybridized carbons (Fsp3) is 0.688. The van der Waals surface area contributed by atoms with E-state index >= 15 is 0 Å². The van der Waals surface area contributed by atoms with E-state index in [-0.39, 0.29) is 17.9 Å². The lowest BCUT2D eigenvalue weighted by Crippen LogP contribution is -2.52. The monoisotopic (exact) mass is 324 g/mol. The van der Waals surface area contributed by atoms with Crippen LogP contribution in [0.4, 0.5) is 4.79 Å². The van der Waals surface area contributed by atoms with E-state index in [2.05, 4.69) is 39.2 Å². The van der Waals surface area contributed by atoms with Gasteiger partial charge in [-0.1, -0.05) is 27.7 Å². The minimum atomic E-state index is -0.632. The van der Waals surface area contributed by atoms with Crippen molar-refractivity contribution >= 4 is 12.0 Å². The van der Waals surface area contributed by atoms with Gasteiger partial charge in [-0.15, -0.1) is 0 Å². The van der Waals surface area contributed by atoms with E-state index in [9.17, 15) is 9.59 Å². The summed E-state index contributed by atoms with van der Waals surface area (Å²) in [5, 5.41) is 5.47. The molecular formula is C16H28N4O3. The van der Waals surface area contributed by atoms with Gasteiger partial charge in [0, 0.05) is 18.7 Å². The predicted molar refractivity (Wildman–Crippen MR) is 88.2 cm³/mol. The molecule has 0 fully saturated rings. The Hall–Kier alpha value is -2.05. The van der Waals surface area contributed by atoms with E-state index < -0.39 is 12.1 Å². The van der Waals surface area contributed by atoms with Gasteiger partial charge >= 0.3 is 6.09 Å². The number of hydrogen-bond acceptors (Lipinski definition) is 4. The van der Waals surface area contributed by atoms with E-state index in [4.69, 9.17) is 0 Å². The molecular weight excluding hydrogens is 296 g/mol. The number of carbonyl (C=O) groups excluding carboxylic acids is 2. The molecule has 7 nitrogen and oxygen atoms in total. The SMILES string of the molecule is COC(=O)N[C@H](C(=O)N[C@@H](C)Cc1nc(C(C)C)c[nH]1)C(C)C. The van der Waals surface area contributed by atoms with Gasteiger partial charge in [0.2, 0.25) is 5.91 Å². The van der Waals surface area contributed by atoms with Crippen LogP contribution in [0, 0.1) is 5.92 Å². The van der Waals surface area contributed by atoms with Crippen molar-refractivity contribution in [3.63, 3.8) is 0 Å². The van der Waals surface area contributed by atoms with Gasteiger partial charge in [0.05, 0.1) is 12.8 Å². The summed E-state index contributed by atoms with van der Waals surface area (Å²) in [6.07, 6.45) is 1.88. The maximum Gasteiger partial charge on any atom is 0.407 e. The zero-order valence-corrected chi connectivity index (χ0v) is 14.8. The number of H-pyrrole nitrogens is 1. The van der Waals surface area contributed by atoms with Gasteiger partial charge in [-0.2, -0.15) is 0 Å². The average molecular weight is 324 g/mol. The van der Waals surface area contributed by atoms with Crippen molar-refractivity contribution in [3.8, 4) is 0 Å². The topological polar surface area (TPSA) is 96.1 Å². The summed E-state index contributed by atoms with van der Waals surface area (Å²) in [6, 6.07) is -0.734. The van der Waals surface area contributed by atoms with Crippen LogP contribution >= 0.6 is 0 Å². The minimum absolute atomic E-state index is 0.0440. The molecule has 0 aromatic carbocycles. The van der Waals surface area contributed by atoms with Gasteiger partial charge in [-0.25, -0.2) is 9.78 Å². The van der Waals surface area contributed by atoms with Crippen LogP contribution in [0.2, 0.25) is 0 Å². The van der Waals surface area contributed by atoms with Gasteiger partial charge in [-0.05, 0) is 18.8 Å². The molecule has 0 unspecified atom stereocenters. The number of nitrogens with one attached hydrogen (secondary N) is 3. The summed E-state index contributed by atoms with van der Waals surface area (Å²) in [4.78, 5) is 31.3. The highest BCUT2D eigenvalue weighted by atomic mass is 16.5. The fourth-order valence-corrected chi connectivity index (χ4v) is 2.17. The molecule has 3 N–H and O–H groups in total. The average Bonchev–Trinajstić information content (AvgIpc) is 2.92.